The number of rotatable bonds is 4. The fourth-order valence-corrected chi connectivity index (χ4v) is 0.744. The monoisotopic (exact) mass is 218 g/mol. The summed E-state index contributed by atoms with van der Waals surface area (Å²) in [6.07, 6.45) is 4.50. The zero-order chi connectivity index (χ0) is 9.52. The maximum atomic E-state index is 12.5. The first kappa shape index (κ1) is 12.9. The van der Waals surface area contributed by atoms with E-state index >= 15 is 0 Å². The molecule has 0 amide bonds. The number of nitrogens with zero attached hydrogens (tertiary/aromatic N) is 1. The smallest absolute Gasteiger partial charge is 0.138 e. The molecule has 1 rings (SSSR count). The Morgan fingerprint density at radius 3 is 3.00 bits per heavy atom. The number of aromatic nitrogens is 1. The fourth-order valence-electron chi connectivity index (χ4n) is 0.744. The number of hydrogen-bond donors (Lipinski definition) is 1. The van der Waals surface area contributed by atoms with Crippen molar-refractivity contribution in [3.05, 3.63) is 36.4 Å². The number of hydrogen-bond acceptors (Lipinski definition) is 3. The van der Waals surface area contributed by atoms with Gasteiger partial charge in [0, 0.05) is 12.7 Å². The van der Waals surface area contributed by atoms with Crippen LogP contribution in [-0.4, -0.2) is 18.1 Å². The van der Waals surface area contributed by atoms with Crippen LogP contribution in [0.3, 0.4) is 0 Å². The summed E-state index contributed by atoms with van der Waals surface area (Å²) >= 11 is 0. The second-order valence-electron chi connectivity index (χ2n) is 2.35. The highest BCUT2D eigenvalue weighted by molar-refractivity contribution is 5.85. The Morgan fingerprint density at radius 2 is 2.43 bits per heavy atom. The van der Waals surface area contributed by atoms with Crippen molar-refractivity contribution in [2.24, 2.45) is 5.73 Å². The minimum atomic E-state index is -0.371. The molecule has 14 heavy (non-hydrogen) atoms. The summed E-state index contributed by atoms with van der Waals surface area (Å²) < 4.78 is 17.6. The molecule has 0 aliphatic heterocycles. The van der Waals surface area contributed by atoms with Gasteiger partial charge in [-0.25, -0.2) is 4.39 Å². The number of halogens is 2. The van der Waals surface area contributed by atoms with Crippen LogP contribution in [0.15, 0.2) is 36.4 Å². The molecule has 5 heteroatoms. The van der Waals surface area contributed by atoms with Gasteiger partial charge in [-0.2, -0.15) is 0 Å². The van der Waals surface area contributed by atoms with Crippen LogP contribution in [-0.2, 0) is 0 Å². The van der Waals surface area contributed by atoms with E-state index in [1.54, 1.807) is 24.5 Å². The molecule has 0 unspecified atom stereocenters. The van der Waals surface area contributed by atoms with E-state index in [-0.39, 0.29) is 31.4 Å². The topological polar surface area (TPSA) is 48.1 Å². The fraction of sp³-hybridized carbons (Fsp3) is 0.222. The van der Waals surface area contributed by atoms with Crippen molar-refractivity contribution < 1.29 is 9.13 Å². The van der Waals surface area contributed by atoms with Crippen LogP contribution < -0.4 is 10.5 Å². The summed E-state index contributed by atoms with van der Waals surface area (Å²) in [7, 11) is 0. The Hall–Kier alpha value is -1.13. The normalized spacial score (nSPS) is 10.6. The molecule has 0 spiro atoms. The van der Waals surface area contributed by atoms with E-state index in [4.69, 9.17) is 10.5 Å². The van der Waals surface area contributed by atoms with Gasteiger partial charge in [0.05, 0.1) is 6.20 Å². The Balaban J connectivity index is 0.00000169. The molecule has 0 saturated heterocycles. The maximum Gasteiger partial charge on any atom is 0.138 e. The molecule has 0 saturated carbocycles. The van der Waals surface area contributed by atoms with E-state index in [0.29, 0.717) is 5.75 Å². The number of nitrogens with two attached hydrogens (primary N) is 1. The van der Waals surface area contributed by atoms with Gasteiger partial charge in [0.1, 0.15) is 18.2 Å². The van der Waals surface area contributed by atoms with Gasteiger partial charge in [0.15, 0.2) is 0 Å². The lowest BCUT2D eigenvalue weighted by molar-refractivity contribution is 0.357. The minimum Gasteiger partial charge on any atom is -0.488 e. The largest absolute Gasteiger partial charge is 0.488 e. The van der Waals surface area contributed by atoms with Crippen molar-refractivity contribution in [1.82, 2.24) is 4.98 Å². The van der Waals surface area contributed by atoms with Crippen molar-refractivity contribution in [1.29, 1.82) is 0 Å². The van der Waals surface area contributed by atoms with E-state index in [9.17, 15) is 4.39 Å². The van der Waals surface area contributed by atoms with Crippen LogP contribution in [0.1, 0.15) is 0 Å². The van der Waals surface area contributed by atoms with Crippen LogP contribution in [0, 0.1) is 0 Å². The lowest BCUT2D eigenvalue weighted by Crippen LogP contribution is -2.01. The first-order valence-electron chi connectivity index (χ1n) is 3.90. The predicted octanol–water partition coefficient (Wildman–Crippen LogP) is 1.69. The van der Waals surface area contributed by atoms with Gasteiger partial charge < -0.3 is 10.5 Å². The summed E-state index contributed by atoms with van der Waals surface area (Å²) in [6.45, 7) is 0.0884. The van der Waals surface area contributed by atoms with Gasteiger partial charge in [0.25, 0.3) is 0 Å². The van der Waals surface area contributed by atoms with Gasteiger partial charge in [-0.05, 0) is 18.2 Å². The van der Waals surface area contributed by atoms with Crippen molar-refractivity contribution in [2.75, 3.05) is 13.2 Å². The number of pyridine rings is 1. The molecule has 2 N–H and O–H groups in total. The van der Waals surface area contributed by atoms with Crippen LogP contribution in [0.2, 0.25) is 0 Å². The first-order valence-corrected chi connectivity index (χ1v) is 3.90. The Labute approximate surface area is 88.2 Å². The van der Waals surface area contributed by atoms with E-state index < -0.39 is 0 Å². The summed E-state index contributed by atoms with van der Waals surface area (Å²) in [5.41, 5.74) is 5.04. The molecule has 1 heterocycles. The average Bonchev–Trinajstić information content (AvgIpc) is 2.19. The van der Waals surface area contributed by atoms with Crippen LogP contribution in [0.25, 0.3) is 0 Å². The molecule has 0 aliphatic rings. The summed E-state index contributed by atoms with van der Waals surface area (Å²) in [6, 6.07) is 3.50. The Morgan fingerprint density at radius 1 is 1.64 bits per heavy atom. The third kappa shape index (κ3) is 4.79. The third-order valence-electron chi connectivity index (χ3n) is 1.38. The van der Waals surface area contributed by atoms with E-state index in [1.165, 1.54) is 6.08 Å². The molecule has 1 aromatic rings. The molecule has 0 aromatic carbocycles. The molecular weight excluding hydrogens is 207 g/mol. The van der Waals surface area contributed by atoms with Crippen LogP contribution >= 0.6 is 12.4 Å². The highest BCUT2D eigenvalue weighted by atomic mass is 35.5. The number of ether oxygens (including phenoxy) is 1. The van der Waals surface area contributed by atoms with E-state index in [2.05, 4.69) is 4.98 Å². The second-order valence-corrected chi connectivity index (χ2v) is 2.35. The second kappa shape index (κ2) is 7.29. The molecule has 0 bridgehead atoms. The van der Waals surface area contributed by atoms with Crippen molar-refractivity contribution >= 4 is 12.4 Å². The quantitative estimate of drug-likeness (QED) is 0.837. The molecule has 0 radical (unpaired) electrons. The molecular formula is C9H12ClFN2O. The maximum absolute atomic E-state index is 12.5. The predicted molar refractivity (Wildman–Crippen MR) is 55.2 cm³/mol. The minimum absolute atomic E-state index is 0. The zero-order valence-electron chi connectivity index (χ0n) is 7.52. The summed E-state index contributed by atoms with van der Waals surface area (Å²) in [5.74, 6) is 0.243. The lowest BCUT2D eigenvalue weighted by Gasteiger charge is -2.00. The van der Waals surface area contributed by atoms with Crippen molar-refractivity contribution in [3.8, 4) is 5.75 Å². The molecule has 0 atom stereocenters. The average molecular weight is 219 g/mol. The standard InChI is InChI=1S/C9H11FN2O.ClH/c10-8(6-11)3-5-13-9-2-1-4-12-7-9;/h1-4,7H,5-6,11H2;1H. The molecule has 1 aromatic heterocycles. The summed E-state index contributed by atoms with van der Waals surface area (Å²) in [5, 5.41) is 0. The zero-order valence-corrected chi connectivity index (χ0v) is 8.34. The highest BCUT2D eigenvalue weighted by Gasteiger charge is 1.91. The van der Waals surface area contributed by atoms with Gasteiger partial charge in [-0.1, -0.05) is 0 Å². The van der Waals surface area contributed by atoms with Crippen molar-refractivity contribution in [3.63, 3.8) is 0 Å². The van der Waals surface area contributed by atoms with Crippen LogP contribution in [0.5, 0.6) is 5.75 Å². The molecule has 0 aliphatic carbocycles. The van der Waals surface area contributed by atoms with Gasteiger partial charge in [-0.3, -0.25) is 4.98 Å². The highest BCUT2D eigenvalue weighted by Crippen LogP contribution is 2.06. The summed E-state index contributed by atoms with van der Waals surface area (Å²) in [4.78, 5) is 3.84. The van der Waals surface area contributed by atoms with E-state index in [0.717, 1.165) is 0 Å². The third-order valence-corrected chi connectivity index (χ3v) is 1.38. The Bertz CT molecular complexity index is 279. The Kier molecular flexibility index (Phi) is 6.70. The SMILES string of the molecule is Cl.NCC(F)=CCOc1cccnc1. The lowest BCUT2D eigenvalue weighted by atomic mass is 10.4. The van der Waals surface area contributed by atoms with E-state index in [1.807, 2.05) is 0 Å². The molecule has 3 nitrogen and oxygen atoms in total. The van der Waals surface area contributed by atoms with Gasteiger partial charge in [0.2, 0.25) is 0 Å². The first-order chi connectivity index (χ1) is 6.33. The van der Waals surface area contributed by atoms with Crippen molar-refractivity contribution in [2.45, 2.75) is 0 Å². The van der Waals surface area contributed by atoms with Gasteiger partial charge in [-0.15, -0.1) is 12.4 Å². The van der Waals surface area contributed by atoms with Gasteiger partial charge >= 0.3 is 0 Å². The molecule has 78 valence electrons. The molecule has 0 fully saturated rings. The van der Waals surface area contributed by atoms with Crippen LogP contribution in [0.4, 0.5) is 4.39 Å².